The highest BCUT2D eigenvalue weighted by atomic mass is 79.9. The van der Waals surface area contributed by atoms with Crippen LogP contribution in [-0.2, 0) is 0 Å². The molecule has 1 aromatic carbocycles. The number of hydrogen-bond acceptors (Lipinski definition) is 2. The summed E-state index contributed by atoms with van der Waals surface area (Å²) in [4.78, 5) is 1.29. The minimum absolute atomic E-state index is 0.267. The molecule has 17 heavy (non-hydrogen) atoms. The lowest BCUT2D eigenvalue weighted by atomic mass is 10.2. The maximum absolute atomic E-state index is 5.91. The summed E-state index contributed by atoms with van der Waals surface area (Å²) in [6, 6.07) is 8.15. The predicted molar refractivity (Wildman–Crippen MR) is 83.2 cm³/mol. The largest absolute Gasteiger partial charge is 0.377 e. The van der Waals surface area contributed by atoms with Crippen LogP contribution in [0.25, 0.3) is 0 Å². The average molecular weight is 396 g/mol. The van der Waals surface area contributed by atoms with Gasteiger partial charge < -0.3 is 5.32 Å². The third-order valence-electron chi connectivity index (χ3n) is 2.32. The van der Waals surface area contributed by atoms with Crippen LogP contribution < -0.4 is 5.32 Å². The lowest BCUT2D eigenvalue weighted by Gasteiger charge is -2.15. The maximum atomic E-state index is 5.91. The molecule has 1 N–H and O–H groups in total. The van der Waals surface area contributed by atoms with Crippen molar-refractivity contribution in [2.24, 2.45) is 0 Å². The summed E-state index contributed by atoms with van der Waals surface area (Å²) in [7, 11) is 0. The first kappa shape index (κ1) is 13.4. The van der Waals surface area contributed by atoms with Gasteiger partial charge in [0.25, 0.3) is 0 Å². The van der Waals surface area contributed by atoms with Crippen LogP contribution in [0.2, 0.25) is 5.02 Å². The van der Waals surface area contributed by atoms with E-state index in [1.807, 2.05) is 18.2 Å². The fourth-order valence-corrected chi connectivity index (χ4v) is 3.72. The molecule has 1 unspecified atom stereocenters. The second-order valence-electron chi connectivity index (χ2n) is 3.66. The molecule has 0 fully saturated rings. The van der Waals surface area contributed by atoms with Crippen molar-refractivity contribution < 1.29 is 0 Å². The molecule has 1 aromatic heterocycles. The number of anilines is 1. The van der Waals surface area contributed by atoms with Crippen molar-refractivity contribution in [3.05, 3.63) is 48.5 Å². The second kappa shape index (κ2) is 5.74. The Kier molecular flexibility index (Phi) is 4.53. The Morgan fingerprint density at radius 3 is 2.65 bits per heavy atom. The Labute approximate surface area is 126 Å². The van der Waals surface area contributed by atoms with E-state index in [0.29, 0.717) is 0 Å². The number of benzene rings is 1. The highest BCUT2D eigenvalue weighted by Crippen LogP contribution is 2.31. The molecule has 0 amide bonds. The van der Waals surface area contributed by atoms with Crippen LogP contribution in [0.4, 0.5) is 5.69 Å². The Hall–Kier alpha value is -0.0300. The van der Waals surface area contributed by atoms with E-state index in [9.17, 15) is 0 Å². The SMILES string of the molecule is CC(Nc1ccc(Cl)cc1Br)c1cc(Br)cs1. The van der Waals surface area contributed by atoms with E-state index < -0.39 is 0 Å². The summed E-state index contributed by atoms with van der Waals surface area (Å²) in [5, 5.41) is 6.27. The standard InChI is InChI=1S/C12H10Br2ClNS/c1-7(12-4-8(13)6-17-12)16-11-3-2-9(15)5-10(11)14/h2-7,16H,1H3. The first-order valence-corrected chi connectivity index (χ1v) is 7.86. The van der Waals surface area contributed by atoms with Gasteiger partial charge in [0, 0.05) is 29.9 Å². The molecular formula is C12H10Br2ClNS. The number of nitrogens with one attached hydrogen (secondary N) is 1. The van der Waals surface area contributed by atoms with Gasteiger partial charge in [-0.1, -0.05) is 11.6 Å². The number of thiophene rings is 1. The Bertz CT molecular complexity index is 527. The minimum atomic E-state index is 0.267. The molecule has 0 spiro atoms. The van der Waals surface area contributed by atoms with Gasteiger partial charge in [-0.25, -0.2) is 0 Å². The van der Waals surface area contributed by atoms with Crippen LogP contribution in [-0.4, -0.2) is 0 Å². The topological polar surface area (TPSA) is 12.0 Å². The van der Waals surface area contributed by atoms with Crippen LogP contribution in [0.15, 0.2) is 38.6 Å². The number of hydrogen-bond donors (Lipinski definition) is 1. The van der Waals surface area contributed by atoms with Crippen molar-refractivity contribution in [1.82, 2.24) is 0 Å². The fourth-order valence-electron chi connectivity index (χ4n) is 1.47. The van der Waals surface area contributed by atoms with Crippen LogP contribution in [0.3, 0.4) is 0 Å². The zero-order valence-electron chi connectivity index (χ0n) is 9.01. The molecule has 5 heteroatoms. The van der Waals surface area contributed by atoms with Gasteiger partial charge in [-0.15, -0.1) is 11.3 Å². The highest BCUT2D eigenvalue weighted by Gasteiger charge is 2.09. The second-order valence-corrected chi connectivity index (χ2v) is 6.81. The first-order valence-electron chi connectivity index (χ1n) is 5.02. The van der Waals surface area contributed by atoms with Gasteiger partial charge in [0.1, 0.15) is 0 Å². The van der Waals surface area contributed by atoms with Crippen molar-refractivity contribution in [2.75, 3.05) is 5.32 Å². The maximum Gasteiger partial charge on any atom is 0.0579 e. The summed E-state index contributed by atoms with van der Waals surface area (Å²) < 4.78 is 2.11. The normalized spacial score (nSPS) is 12.5. The third-order valence-corrected chi connectivity index (χ3v) is 5.09. The van der Waals surface area contributed by atoms with Crippen LogP contribution >= 0.6 is 54.8 Å². The third kappa shape index (κ3) is 3.47. The zero-order valence-corrected chi connectivity index (χ0v) is 13.8. The molecule has 1 atom stereocenters. The van der Waals surface area contributed by atoms with E-state index in [2.05, 4.69) is 55.5 Å². The van der Waals surface area contributed by atoms with E-state index in [1.165, 1.54) is 4.88 Å². The molecule has 1 nitrogen and oxygen atoms in total. The van der Waals surface area contributed by atoms with Crippen molar-refractivity contribution >= 4 is 60.5 Å². The van der Waals surface area contributed by atoms with Crippen molar-refractivity contribution in [2.45, 2.75) is 13.0 Å². The predicted octanol–water partition coefficient (Wildman–Crippen LogP) is 6.10. The molecule has 2 aromatic rings. The Morgan fingerprint density at radius 2 is 2.06 bits per heavy atom. The fraction of sp³-hybridized carbons (Fsp3) is 0.167. The molecule has 0 saturated carbocycles. The molecule has 0 radical (unpaired) electrons. The van der Waals surface area contributed by atoms with Crippen LogP contribution in [0, 0.1) is 0 Å². The molecule has 90 valence electrons. The lowest BCUT2D eigenvalue weighted by Crippen LogP contribution is -2.05. The molecule has 0 aliphatic carbocycles. The number of halogens is 3. The summed E-state index contributed by atoms with van der Waals surface area (Å²) in [5.41, 5.74) is 1.05. The first-order chi connectivity index (χ1) is 8.06. The van der Waals surface area contributed by atoms with Gasteiger partial charge in [0.2, 0.25) is 0 Å². The van der Waals surface area contributed by atoms with Gasteiger partial charge in [-0.3, -0.25) is 0 Å². The van der Waals surface area contributed by atoms with Gasteiger partial charge in [0.05, 0.1) is 6.04 Å². The van der Waals surface area contributed by atoms with Gasteiger partial charge in [-0.05, 0) is 63.0 Å². The van der Waals surface area contributed by atoms with Gasteiger partial charge >= 0.3 is 0 Å². The smallest absolute Gasteiger partial charge is 0.0579 e. The highest BCUT2D eigenvalue weighted by molar-refractivity contribution is 9.10. The Morgan fingerprint density at radius 1 is 1.29 bits per heavy atom. The summed E-state index contributed by atoms with van der Waals surface area (Å²) in [6.07, 6.45) is 0. The van der Waals surface area contributed by atoms with Crippen LogP contribution in [0.1, 0.15) is 17.8 Å². The van der Waals surface area contributed by atoms with Crippen LogP contribution in [0.5, 0.6) is 0 Å². The van der Waals surface area contributed by atoms with Crippen molar-refractivity contribution in [1.29, 1.82) is 0 Å². The number of rotatable bonds is 3. The molecule has 1 heterocycles. The van der Waals surface area contributed by atoms with E-state index >= 15 is 0 Å². The minimum Gasteiger partial charge on any atom is -0.377 e. The average Bonchev–Trinajstić information content (AvgIpc) is 2.69. The van der Waals surface area contributed by atoms with Crippen molar-refractivity contribution in [3.8, 4) is 0 Å². The van der Waals surface area contributed by atoms with E-state index in [4.69, 9.17) is 11.6 Å². The summed E-state index contributed by atoms with van der Waals surface area (Å²) in [6.45, 7) is 2.14. The lowest BCUT2D eigenvalue weighted by molar-refractivity contribution is 0.906. The van der Waals surface area contributed by atoms with E-state index in [-0.39, 0.29) is 6.04 Å². The summed E-state index contributed by atoms with van der Waals surface area (Å²) >= 11 is 14.6. The zero-order chi connectivity index (χ0) is 12.4. The quantitative estimate of drug-likeness (QED) is 0.662. The van der Waals surface area contributed by atoms with Gasteiger partial charge in [0.15, 0.2) is 0 Å². The van der Waals surface area contributed by atoms with Crippen molar-refractivity contribution in [3.63, 3.8) is 0 Å². The molecule has 0 aliphatic rings. The molecule has 0 saturated heterocycles. The monoisotopic (exact) mass is 393 g/mol. The summed E-state index contributed by atoms with van der Waals surface area (Å²) in [5.74, 6) is 0. The molecular weight excluding hydrogens is 385 g/mol. The Balaban J connectivity index is 2.15. The molecule has 0 bridgehead atoms. The van der Waals surface area contributed by atoms with Gasteiger partial charge in [-0.2, -0.15) is 0 Å². The van der Waals surface area contributed by atoms with E-state index in [1.54, 1.807) is 11.3 Å². The molecule has 0 aliphatic heterocycles. The molecule has 2 rings (SSSR count). The van der Waals surface area contributed by atoms with E-state index in [0.717, 1.165) is 19.7 Å².